The minimum absolute atomic E-state index is 0.0500. The standard InChI is InChI=1S/C13H19N3O2/c1-9-3-4-10(2)15(8-9)13-6-5-11(16(17)18)7-12(13)14/h5-7,9-10H,3-4,8,14H2,1-2H3. The Balaban J connectivity index is 2.30. The molecule has 0 saturated carbocycles. The second-order valence-corrected chi connectivity index (χ2v) is 5.18. The summed E-state index contributed by atoms with van der Waals surface area (Å²) in [7, 11) is 0. The molecule has 1 aromatic carbocycles. The summed E-state index contributed by atoms with van der Waals surface area (Å²) < 4.78 is 0. The molecule has 0 aromatic heterocycles. The normalized spacial score (nSPS) is 24.0. The molecule has 18 heavy (non-hydrogen) atoms. The van der Waals surface area contributed by atoms with Crippen molar-refractivity contribution in [1.29, 1.82) is 0 Å². The zero-order chi connectivity index (χ0) is 13.3. The average Bonchev–Trinajstić information content (AvgIpc) is 2.32. The van der Waals surface area contributed by atoms with Crippen LogP contribution in [-0.2, 0) is 0 Å². The molecule has 1 aromatic rings. The minimum atomic E-state index is -0.414. The van der Waals surface area contributed by atoms with Crippen molar-refractivity contribution in [2.45, 2.75) is 32.7 Å². The monoisotopic (exact) mass is 249 g/mol. The molecule has 0 amide bonds. The lowest BCUT2D eigenvalue weighted by Crippen LogP contribution is -2.41. The molecule has 5 heteroatoms. The summed E-state index contributed by atoms with van der Waals surface area (Å²) in [4.78, 5) is 12.5. The Labute approximate surface area is 107 Å². The van der Waals surface area contributed by atoms with Gasteiger partial charge in [-0.05, 0) is 31.7 Å². The number of rotatable bonds is 2. The fraction of sp³-hybridized carbons (Fsp3) is 0.538. The number of hydrogen-bond donors (Lipinski definition) is 1. The molecule has 1 heterocycles. The fourth-order valence-electron chi connectivity index (χ4n) is 2.54. The molecule has 0 aliphatic carbocycles. The SMILES string of the molecule is CC1CCC(C)N(c2ccc([N+](=O)[O-])cc2N)C1. The maximum Gasteiger partial charge on any atom is 0.271 e. The zero-order valence-corrected chi connectivity index (χ0v) is 10.8. The van der Waals surface area contributed by atoms with Gasteiger partial charge in [-0.1, -0.05) is 6.92 Å². The first kappa shape index (κ1) is 12.7. The van der Waals surface area contributed by atoms with E-state index in [1.165, 1.54) is 18.6 Å². The van der Waals surface area contributed by atoms with Gasteiger partial charge in [0.2, 0.25) is 0 Å². The highest BCUT2D eigenvalue weighted by Crippen LogP contribution is 2.33. The van der Waals surface area contributed by atoms with Gasteiger partial charge < -0.3 is 10.6 Å². The number of benzene rings is 1. The van der Waals surface area contributed by atoms with Gasteiger partial charge in [0.25, 0.3) is 5.69 Å². The van der Waals surface area contributed by atoms with Crippen LogP contribution in [0.3, 0.4) is 0 Å². The zero-order valence-electron chi connectivity index (χ0n) is 10.8. The Hall–Kier alpha value is -1.78. The molecule has 0 radical (unpaired) electrons. The summed E-state index contributed by atoms with van der Waals surface area (Å²) in [5.41, 5.74) is 7.41. The number of non-ortho nitro benzene ring substituents is 1. The van der Waals surface area contributed by atoms with Gasteiger partial charge in [0.15, 0.2) is 0 Å². The minimum Gasteiger partial charge on any atom is -0.397 e. The smallest absolute Gasteiger partial charge is 0.271 e. The van der Waals surface area contributed by atoms with Crippen LogP contribution in [0.15, 0.2) is 18.2 Å². The second-order valence-electron chi connectivity index (χ2n) is 5.18. The predicted molar refractivity (Wildman–Crippen MR) is 72.7 cm³/mol. The Morgan fingerprint density at radius 1 is 1.39 bits per heavy atom. The average molecular weight is 249 g/mol. The summed E-state index contributed by atoms with van der Waals surface area (Å²) in [5, 5.41) is 10.7. The van der Waals surface area contributed by atoms with E-state index in [0.29, 0.717) is 17.6 Å². The van der Waals surface area contributed by atoms with E-state index in [9.17, 15) is 10.1 Å². The van der Waals surface area contributed by atoms with Gasteiger partial charge in [-0.15, -0.1) is 0 Å². The highest BCUT2D eigenvalue weighted by Gasteiger charge is 2.25. The molecule has 0 bridgehead atoms. The van der Waals surface area contributed by atoms with E-state index in [-0.39, 0.29) is 5.69 Å². The lowest BCUT2D eigenvalue weighted by atomic mass is 9.94. The molecule has 98 valence electrons. The molecule has 5 nitrogen and oxygen atoms in total. The van der Waals surface area contributed by atoms with Crippen LogP contribution in [0.25, 0.3) is 0 Å². The number of nitrogen functional groups attached to an aromatic ring is 1. The van der Waals surface area contributed by atoms with E-state index in [2.05, 4.69) is 18.7 Å². The van der Waals surface area contributed by atoms with Crippen LogP contribution in [0, 0.1) is 16.0 Å². The van der Waals surface area contributed by atoms with Crippen molar-refractivity contribution in [3.05, 3.63) is 28.3 Å². The highest BCUT2D eigenvalue weighted by atomic mass is 16.6. The lowest BCUT2D eigenvalue weighted by Gasteiger charge is -2.39. The molecule has 2 rings (SSSR count). The van der Waals surface area contributed by atoms with Crippen LogP contribution in [0.1, 0.15) is 26.7 Å². The number of nitro groups is 1. The third-order valence-corrected chi connectivity index (χ3v) is 3.65. The molecule has 1 aliphatic rings. The molecular formula is C13H19N3O2. The number of nitrogens with two attached hydrogens (primary N) is 1. The van der Waals surface area contributed by atoms with Crippen LogP contribution in [0.5, 0.6) is 0 Å². The molecule has 2 atom stereocenters. The number of anilines is 2. The molecule has 2 N–H and O–H groups in total. The van der Waals surface area contributed by atoms with E-state index in [1.807, 2.05) is 0 Å². The van der Waals surface area contributed by atoms with Crippen molar-refractivity contribution in [2.24, 2.45) is 5.92 Å². The van der Waals surface area contributed by atoms with Crippen molar-refractivity contribution in [1.82, 2.24) is 0 Å². The van der Waals surface area contributed by atoms with Crippen LogP contribution >= 0.6 is 0 Å². The number of nitrogens with zero attached hydrogens (tertiary/aromatic N) is 2. The van der Waals surface area contributed by atoms with E-state index >= 15 is 0 Å². The van der Waals surface area contributed by atoms with Crippen LogP contribution in [0.4, 0.5) is 17.1 Å². The van der Waals surface area contributed by atoms with E-state index in [4.69, 9.17) is 5.73 Å². The molecule has 0 spiro atoms. The number of piperidine rings is 1. The van der Waals surface area contributed by atoms with Crippen molar-refractivity contribution >= 4 is 17.1 Å². The summed E-state index contributed by atoms with van der Waals surface area (Å²) in [6.07, 6.45) is 2.36. The van der Waals surface area contributed by atoms with Gasteiger partial charge in [-0.2, -0.15) is 0 Å². The van der Waals surface area contributed by atoms with Crippen molar-refractivity contribution in [3.63, 3.8) is 0 Å². The summed E-state index contributed by atoms with van der Waals surface area (Å²) in [5.74, 6) is 0.635. The summed E-state index contributed by atoms with van der Waals surface area (Å²) in [6.45, 7) is 5.36. The van der Waals surface area contributed by atoms with Crippen LogP contribution in [0.2, 0.25) is 0 Å². The Morgan fingerprint density at radius 3 is 2.72 bits per heavy atom. The Bertz CT molecular complexity index is 462. The topological polar surface area (TPSA) is 72.4 Å². The quantitative estimate of drug-likeness (QED) is 0.497. The van der Waals surface area contributed by atoms with Crippen molar-refractivity contribution < 1.29 is 4.92 Å². The maximum absolute atomic E-state index is 10.7. The van der Waals surface area contributed by atoms with Gasteiger partial charge in [0.05, 0.1) is 16.3 Å². The second kappa shape index (κ2) is 4.84. The first-order valence-electron chi connectivity index (χ1n) is 6.29. The maximum atomic E-state index is 10.7. The third kappa shape index (κ3) is 2.39. The highest BCUT2D eigenvalue weighted by molar-refractivity contribution is 5.71. The van der Waals surface area contributed by atoms with Crippen LogP contribution < -0.4 is 10.6 Å². The fourth-order valence-corrected chi connectivity index (χ4v) is 2.54. The van der Waals surface area contributed by atoms with Crippen LogP contribution in [-0.4, -0.2) is 17.5 Å². The number of nitro benzene ring substituents is 1. The molecule has 1 aliphatic heterocycles. The van der Waals surface area contributed by atoms with E-state index in [1.54, 1.807) is 6.07 Å². The third-order valence-electron chi connectivity index (χ3n) is 3.65. The Morgan fingerprint density at radius 2 is 2.11 bits per heavy atom. The van der Waals surface area contributed by atoms with Gasteiger partial charge >= 0.3 is 0 Å². The summed E-state index contributed by atoms with van der Waals surface area (Å²) in [6, 6.07) is 5.17. The molecular weight excluding hydrogens is 230 g/mol. The van der Waals surface area contributed by atoms with Gasteiger partial charge in [0, 0.05) is 24.7 Å². The van der Waals surface area contributed by atoms with E-state index < -0.39 is 4.92 Å². The van der Waals surface area contributed by atoms with Gasteiger partial charge in [-0.3, -0.25) is 10.1 Å². The predicted octanol–water partition coefficient (Wildman–Crippen LogP) is 2.80. The largest absolute Gasteiger partial charge is 0.397 e. The molecule has 2 unspecified atom stereocenters. The van der Waals surface area contributed by atoms with E-state index in [0.717, 1.165) is 18.7 Å². The first-order chi connectivity index (χ1) is 8.49. The lowest BCUT2D eigenvalue weighted by molar-refractivity contribution is -0.384. The number of hydrogen-bond acceptors (Lipinski definition) is 4. The molecule has 1 fully saturated rings. The summed E-state index contributed by atoms with van der Waals surface area (Å²) >= 11 is 0. The van der Waals surface area contributed by atoms with Gasteiger partial charge in [-0.25, -0.2) is 0 Å². The van der Waals surface area contributed by atoms with Crippen molar-refractivity contribution in [3.8, 4) is 0 Å². The van der Waals surface area contributed by atoms with Gasteiger partial charge in [0.1, 0.15) is 0 Å². The first-order valence-corrected chi connectivity index (χ1v) is 6.29. The Kier molecular flexibility index (Phi) is 3.41. The van der Waals surface area contributed by atoms with Crippen molar-refractivity contribution in [2.75, 3.05) is 17.2 Å². The molecule has 1 saturated heterocycles.